The van der Waals surface area contributed by atoms with E-state index in [1.54, 1.807) is 7.11 Å². The van der Waals surface area contributed by atoms with Crippen LogP contribution in [0.25, 0.3) is 0 Å². The summed E-state index contributed by atoms with van der Waals surface area (Å²) < 4.78 is 25.6. The number of hydrogen-bond donors (Lipinski definition) is 0. The number of hydrogen-bond acceptors (Lipinski definition) is 4. The van der Waals surface area contributed by atoms with Gasteiger partial charge in [0.1, 0.15) is 23.7 Å². The topological polar surface area (TPSA) is 36.9 Å². The molecule has 0 unspecified atom stereocenters. The number of benzene rings is 4. The van der Waals surface area contributed by atoms with Gasteiger partial charge in [0.15, 0.2) is 0 Å². The zero-order valence-electron chi connectivity index (χ0n) is 24.2. The maximum absolute atomic E-state index is 6.86. The van der Waals surface area contributed by atoms with Gasteiger partial charge in [0, 0.05) is 12.3 Å². The Morgan fingerprint density at radius 3 is 1.83 bits per heavy atom. The van der Waals surface area contributed by atoms with Gasteiger partial charge in [-0.05, 0) is 52.9 Å². The fraction of sp³-hybridized carbons (Fsp3) is 0.297. The number of ether oxygens (including phenoxy) is 4. The monoisotopic (exact) mass is 548 g/mol. The SMILES string of the molecule is CCC1=C[C@@H](Oc2ccccc2Cc2ccc(OC)cc2)[C@H](OCc2ccccc2)[C@@H](OCc2ccccc2)[C@@H]1C. The Kier molecular flexibility index (Phi) is 9.90. The average molecular weight is 549 g/mol. The summed E-state index contributed by atoms with van der Waals surface area (Å²) in [6, 6.07) is 37.2. The van der Waals surface area contributed by atoms with Crippen molar-refractivity contribution >= 4 is 0 Å². The highest BCUT2D eigenvalue weighted by atomic mass is 16.6. The van der Waals surface area contributed by atoms with Crippen LogP contribution in [0.4, 0.5) is 0 Å². The molecule has 5 rings (SSSR count). The minimum absolute atomic E-state index is 0.155. The van der Waals surface area contributed by atoms with E-state index in [2.05, 4.69) is 86.7 Å². The fourth-order valence-corrected chi connectivity index (χ4v) is 5.52. The van der Waals surface area contributed by atoms with E-state index >= 15 is 0 Å². The van der Waals surface area contributed by atoms with Crippen molar-refractivity contribution < 1.29 is 18.9 Å². The Morgan fingerprint density at radius 1 is 0.634 bits per heavy atom. The summed E-state index contributed by atoms with van der Waals surface area (Å²) in [6.45, 7) is 5.47. The molecule has 4 aromatic rings. The van der Waals surface area contributed by atoms with Crippen LogP contribution in [-0.2, 0) is 29.1 Å². The molecule has 0 amide bonds. The lowest BCUT2D eigenvalue weighted by Crippen LogP contribution is -2.50. The van der Waals surface area contributed by atoms with Crippen molar-refractivity contribution in [3.63, 3.8) is 0 Å². The van der Waals surface area contributed by atoms with Gasteiger partial charge in [-0.1, -0.05) is 110 Å². The van der Waals surface area contributed by atoms with Gasteiger partial charge in [0.2, 0.25) is 0 Å². The summed E-state index contributed by atoms with van der Waals surface area (Å²) in [5.41, 5.74) is 5.94. The predicted molar refractivity (Wildman–Crippen MR) is 164 cm³/mol. The molecule has 0 fully saturated rings. The van der Waals surface area contributed by atoms with Crippen molar-refractivity contribution in [3.05, 3.63) is 143 Å². The maximum Gasteiger partial charge on any atom is 0.146 e. The van der Waals surface area contributed by atoms with Crippen LogP contribution in [0.1, 0.15) is 42.5 Å². The smallest absolute Gasteiger partial charge is 0.146 e. The van der Waals surface area contributed by atoms with E-state index in [9.17, 15) is 0 Å². The molecule has 0 saturated carbocycles. The molecule has 0 heterocycles. The molecule has 0 saturated heterocycles. The summed E-state index contributed by atoms with van der Waals surface area (Å²) in [4.78, 5) is 0. The molecule has 0 aliphatic heterocycles. The Morgan fingerprint density at radius 2 is 1.22 bits per heavy atom. The average Bonchev–Trinajstić information content (AvgIpc) is 3.02. The van der Waals surface area contributed by atoms with Crippen LogP contribution < -0.4 is 9.47 Å². The van der Waals surface area contributed by atoms with Gasteiger partial charge in [0.05, 0.1) is 26.4 Å². The lowest BCUT2D eigenvalue weighted by atomic mass is 9.81. The highest BCUT2D eigenvalue weighted by molar-refractivity contribution is 5.39. The predicted octanol–water partition coefficient (Wildman–Crippen LogP) is 8.19. The molecule has 4 aromatic carbocycles. The molecule has 0 N–H and O–H groups in total. The molecule has 4 heteroatoms. The fourth-order valence-electron chi connectivity index (χ4n) is 5.52. The Balaban J connectivity index is 1.42. The molecule has 41 heavy (non-hydrogen) atoms. The Bertz CT molecular complexity index is 1380. The molecular weight excluding hydrogens is 508 g/mol. The molecule has 0 spiro atoms. The van der Waals surface area contributed by atoms with Gasteiger partial charge in [-0.25, -0.2) is 0 Å². The summed E-state index contributed by atoms with van der Waals surface area (Å²) in [7, 11) is 1.69. The first kappa shape index (κ1) is 28.7. The van der Waals surface area contributed by atoms with Gasteiger partial charge in [0.25, 0.3) is 0 Å². The van der Waals surface area contributed by atoms with Crippen molar-refractivity contribution in [2.75, 3.05) is 7.11 Å². The second-order valence-corrected chi connectivity index (χ2v) is 10.6. The van der Waals surface area contributed by atoms with Crippen LogP contribution in [0.2, 0.25) is 0 Å². The van der Waals surface area contributed by atoms with Crippen LogP contribution in [-0.4, -0.2) is 25.4 Å². The third-order valence-electron chi connectivity index (χ3n) is 7.87. The zero-order valence-corrected chi connectivity index (χ0v) is 24.2. The van der Waals surface area contributed by atoms with Gasteiger partial charge >= 0.3 is 0 Å². The molecule has 212 valence electrons. The first-order valence-electron chi connectivity index (χ1n) is 14.5. The van der Waals surface area contributed by atoms with E-state index in [1.807, 2.05) is 42.5 Å². The molecular formula is C37H40O4. The van der Waals surface area contributed by atoms with Crippen LogP contribution >= 0.6 is 0 Å². The van der Waals surface area contributed by atoms with Crippen LogP contribution in [0.15, 0.2) is 121 Å². The summed E-state index contributed by atoms with van der Waals surface area (Å²) in [5.74, 6) is 1.93. The minimum atomic E-state index is -0.289. The van der Waals surface area contributed by atoms with E-state index in [0.717, 1.165) is 41.0 Å². The van der Waals surface area contributed by atoms with Crippen LogP contribution in [0.3, 0.4) is 0 Å². The molecule has 4 nitrogen and oxygen atoms in total. The largest absolute Gasteiger partial charge is 0.497 e. The Hall–Kier alpha value is -3.86. The normalized spacial score (nSPS) is 20.3. The highest BCUT2D eigenvalue weighted by Gasteiger charge is 2.41. The molecule has 0 radical (unpaired) electrons. The lowest BCUT2D eigenvalue weighted by Gasteiger charge is -2.41. The molecule has 1 aliphatic rings. The van der Waals surface area contributed by atoms with Gasteiger partial charge in [-0.3, -0.25) is 0 Å². The van der Waals surface area contributed by atoms with Crippen molar-refractivity contribution in [2.45, 2.75) is 58.2 Å². The Labute approximate surface area is 244 Å². The maximum atomic E-state index is 6.86. The summed E-state index contributed by atoms with van der Waals surface area (Å²) >= 11 is 0. The third-order valence-corrected chi connectivity index (χ3v) is 7.87. The van der Waals surface area contributed by atoms with Crippen molar-refractivity contribution in [2.24, 2.45) is 5.92 Å². The van der Waals surface area contributed by atoms with E-state index in [-0.39, 0.29) is 24.2 Å². The molecule has 1 aliphatic carbocycles. The number of para-hydroxylation sites is 1. The minimum Gasteiger partial charge on any atom is -0.497 e. The second-order valence-electron chi connectivity index (χ2n) is 10.6. The van der Waals surface area contributed by atoms with E-state index in [4.69, 9.17) is 18.9 Å². The summed E-state index contributed by atoms with van der Waals surface area (Å²) in [6.07, 6.45) is 3.24. The van der Waals surface area contributed by atoms with Crippen LogP contribution in [0.5, 0.6) is 11.5 Å². The first-order chi connectivity index (χ1) is 20.1. The van der Waals surface area contributed by atoms with E-state index in [0.29, 0.717) is 13.2 Å². The van der Waals surface area contributed by atoms with Crippen molar-refractivity contribution in [1.82, 2.24) is 0 Å². The molecule has 0 aromatic heterocycles. The van der Waals surface area contributed by atoms with E-state index in [1.165, 1.54) is 11.1 Å². The third kappa shape index (κ3) is 7.46. The first-order valence-corrected chi connectivity index (χ1v) is 14.5. The van der Waals surface area contributed by atoms with E-state index < -0.39 is 0 Å². The van der Waals surface area contributed by atoms with Crippen molar-refractivity contribution in [3.8, 4) is 11.5 Å². The lowest BCUT2D eigenvalue weighted by molar-refractivity contribution is -0.135. The number of methoxy groups -OCH3 is 1. The second kappa shape index (κ2) is 14.2. The standard InChI is InChI=1S/C37H40O4/c1-4-31-24-35(41-34-18-12-11-17-32(34)23-28-19-21-33(38-3)22-20-28)37(40-26-30-15-9-6-10-16-30)36(27(31)2)39-25-29-13-7-5-8-14-29/h5-22,24,27,35-37H,4,23,25-26H2,1-3H3/t27-,35-,36+,37+/m1/s1. The number of rotatable bonds is 12. The van der Waals surface area contributed by atoms with Gasteiger partial charge in [-0.15, -0.1) is 0 Å². The summed E-state index contributed by atoms with van der Waals surface area (Å²) in [5, 5.41) is 0. The molecule has 0 bridgehead atoms. The van der Waals surface area contributed by atoms with Crippen LogP contribution in [0, 0.1) is 5.92 Å². The van der Waals surface area contributed by atoms with Crippen molar-refractivity contribution in [1.29, 1.82) is 0 Å². The van der Waals surface area contributed by atoms with Gasteiger partial charge in [-0.2, -0.15) is 0 Å². The zero-order chi connectivity index (χ0) is 28.4. The van der Waals surface area contributed by atoms with Gasteiger partial charge < -0.3 is 18.9 Å². The highest BCUT2D eigenvalue weighted by Crippen LogP contribution is 2.35. The molecule has 4 atom stereocenters. The quantitative estimate of drug-likeness (QED) is 0.167.